The number of alkyl halides is 3. The van der Waals surface area contributed by atoms with Gasteiger partial charge in [0, 0.05) is 22.0 Å². The summed E-state index contributed by atoms with van der Waals surface area (Å²) in [6.45, 7) is 1.65. The normalized spacial score (nSPS) is 13.9. The van der Waals surface area contributed by atoms with E-state index in [2.05, 4.69) is 10.6 Å². The van der Waals surface area contributed by atoms with Crippen LogP contribution in [-0.2, 0) is 15.8 Å². The summed E-state index contributed by atoms with van der Waals surface area (Å²) >= 11 is 17.9. The molecule has 1 aliphatic heterocycles. The summed E-state index contributed by atoms with van der Waals surface area (Å²) < 4.78 is 39.4. The van der Waals surface area contributed by atoms with Crippen LogP contribution in [-0.4, -0.2) is 17.7 Å². The van der Waals surface area contributed by atoms with Crippen LogP contribution >= 0.6 is 34.8 Å². The molecule has 4 rings (SSSR count). The Hall–Kier alpha value is -3.53. The lowest BCUT2D eigenvalue weighted by molar-refractivity contribution is -0.137. The van der Waals surface area contributed by atoms with Gasteiger partial charge in [-0.25, -0.2) is 4.90 Å². The highest BCUT2D eigenvalue weighted by Crippen LogP contribution is 2.37. The van der Waals surface area contributed by atoms with Gasteiger partial charge in [0.05, 0.1) is 16.3 Å². The fourth-order valence-electron chi connectivity index (χ4n) is 3.57. The average molecular weight is 569 g/mol. The number of anilines is 3. The summed E-state index contributed by atoms with van der Waals surface area (Å²) in [5, 5.41) is 4.63. The zero-order chi connectivity index (χ0) is 27.1. The molecule has 12 heteroatoms. The van der Waals surface area contributed by atoms with Crippen LogP contribution in [0.3, 0.4) is 0 Å². The molecular weight excluding hydrogens is 554 g/mol. The van der Waals surface area contributed by atoms with E-state index < -0.39 is 34.5 Å². The lowest BCUT2D eigenvalue weighted by Gasteiger charge is -2.18. The van der Waals surface area contributed by atoms with Gasteiger partial charge in [0.2, 0.25) is 0 Å². The molecule has 0 saturated carbocycles. The second-order valence-corrected chi connectivity index (χ2v) is 9.06. The van der Waals surface area contributed by atoms with E-state index in [4.69, 9.17) is 34.8 Å². The predicted octanol–water partition coefficient (Wildman–Crippen LogP) is 7.01. The van der Waals surface area contributed by atoms with E-state index in [0.29, 0.717) is 10.6 Å². The summed E-state index contributed by atoms with van der Waals surface area (Å²) in [5.74, 6) is -2.20. The number of imide groups is 1. The van der Waals surface area contributed by atoms with Crippen molar-refractivity contribution in [1.82, 2.24) is 0 Å². The molecule has 3 aromatic carbocycles. The smallest absolute Gasteiger partial charge is 0.350 e. The molecule has 0 radical (unpaired) electrons. The minimum atomic E-state index is -4.70. The first-order chi connectivity index (χ1) is 17.4. The molecule has 190 valence electrons. The van der Waals surface area contributed by atoms with Crippen LogP contribution < -0.4 is 15.5 Å². The van der Waals surface area contributed by atoms with Crippen molar-refractivity contribution in [3.05, 3.63) is 98.1 Å². The summed E-state index contributed by atoms with van der Waals surface area (Å²) in [5.41, 5.74) is -0.347. The fraction of sp³-hybridized carbons (Fsp3) is 0.0800. The minimum absolute atomic E-state index is 0.0598. The van der Waals surface area contributed by atoms with Gasteiger partial charge >= 0.3 is 6.18 Å². The third kappa shape index (κ3) is 5.29. The molecule has 2 N–H and O–H groups in total. The first-order valence-electron chi connectivity index (χ1n) is 10.5. The van der Waals surface area contributed by atoms with Crippen molar-refractivity contribution in [3.63, 3.8) is 0 Å². The highest BCUT2D eigenvalue weighted by Gasteiger charge is 2.40. The maximum Gasteiger partial charge on any atom is 0.417 e. The Labute approximate surface area is 223 Å². The van der Waals surface area contributed by atoms with Crippen molar-refractivity contribution < 1.29 is 27.6 Å². The summed E-state index contributed by atoms with van der Waals surface area (Å²) in [7, 11) is 0. The van der Waals surface area contributed by atoms with Crippen molar-refractivity contribution in [1.29, 1.82) is 0 Å². The molecule has 0 atom stereocenters. The van der Waals surface area contributed by atoms with E-state index in [1.807, 2.05) is 0 Å². The van der Waals surface area contributed by atoms with Gasteiger partial charge in [0.1, 0.15) is 10.7 Å². The average Bonchev–Trinajstić information content (AvgIpc) is 3.04. The molecule has 0 unspecified atom stereocenters. The number of benzene rings is 3. The SMILES string of the molecule is Cc1c(Cl)cccc1N1C(=O)C(Cl)=C(Nc2cccc(C(=O)Nc3ccc(Cl)c(C(F)(F)F)c3)c2)C1=O. The number of amides is 3. The van der Waals surface area contributed by atoms with Crippen molar-refractivity contribution in [2.45, 2.75) is 13.1 Å². The summed E-state index contributed by atoms with van der Waals surface area (Å²) in [6, 6.07) is 13.5. The zero-order valence-electron chi connectivity index (χ0n) is 18.7. The number of halogens is 6. The van der Waals surface area contributed by atoms with E-state index in [0.717, 1.165) is 17.0 Å². The summed E-state index contributed by atoms with van der Waals surface area (Å²) in [4.78, 5) is 39.4. The first-order valence-corrected chi connectivity index (χ1v) is 11.6. The quantitative estimate of drug-likeness (QED) is 0.325. The summed E-state index contributed by atoms with van der Waals surface area (Å²) in [6.07, 6.45) is -4.70. The van der Waals surface area contributed by atoms with Crippen LogP contribution in [0.25, 0.3) is 0 Å². The first kappa shape index (κ1) is 26.5. The van der Waals surface area contributed by atoms with E-state index in [1.54, 1.807) is 25.1 Å². The van der Waals surface area contributed by atoms with Gasteiger partial charge in [-0.3, -0.25) is 14.4 Å². The van der Waals surface area contributed by atoms with Crippen LogP contribution in [0.4, 0.5) is 30.2 Å². The molecule has 0 saturated heterocycles. The third-order valence-electron chi connectivity index (χ3n) is 5.43. The third-order valence-corrected chi connectivity index (χ3v) is 6.52. The highest BCUT2D eigenvalue weighted by atomic mass is 35.5. The number of nitrogens with one attached hydrogen (secondary N) is 2. The zero-order valence-corrected chi connectivity index (χ0v) is 21.0. The van der Waals surface area contributed by atoms with Crippen molar-refractivity contribution >= 4 is 69.6 Å². The molecule has 1 aliphatic rings. The topological polar surface area (TPSA) is 78.5 Å². The molecule has 0 aliphatic carbocycles. The molecule has 3 amide bonds. The van der Waals surface area contributed by atoms with Gasteiger partial charge in [-0.1, -0.05) is 46.9 Å². The standard InChI is InChI=1S/C25H15Cl3F3N3O3/c1-12-17(26)6-3-7-19(12)34-23(36)20(28)21(24(34)37)32-14-5-2-4-13(10-14)22(35)33-15-8-9-18(27)16(11-15)25(29,30)31/h2-11,32H,1H3,(H,33,35). The number of carbonyl (C=O) groups is 3. The Morgan fingerprint density at radius 2 is 1.57 bits per heavy atom. The molecule has 0 bridgehead atoms. The Balaban J connectivity index is 1.55. The Kier molecular flexibility index (Phi) is 7.23. The van der Waals surface area contributed by atoms with Crippen LogP contribution in [0, 0.1) is 6.92 Å². The fourth-order valence-corrected chi connectivity index (χ4v) is 4.18. The van der Waals surface area contributed by atoms with Gasteiger partial charge < -0.3 is 10.6 Å². The molecule has 37 heavy (non-hydrogen) atoms. The molecule has 0 aromatic heterocycles. The van der Waals surface area contributed by atoms with Gasteiger partial charge in [0.15, 0.2) is 0 Å². The van der Waals surface area contributed by atoms with Crippen LogP contribution in [0.1, 0.15) is 21.5 Å². The van der Waals surface area contributed by atoms with Gasteiger partial charge in [-0.15, -0.1) is 0 Å². The van der Waals surface area contributed by atoms with Crippen molar-refractivity contribution in [2.24, 2.45) is 0 Å². The monoisotopic (exact) mass is 567 g/mol. The number of rotatable bonds is 5. The Morgan fingerprint density at radius 1 is 0.865 bits per heavy atom. The molecule has 0 spiro atoms. The van der Waals surface area contributed by atoms with Gasteiger partial charge in [-0.05, 0) is 61.0 Å². The van der Waals surface area contributed by atoms with Crippen LogP contribution in [0.2, 0.25) is 10.0 Å². The van der Waals surface area contributed by atoms with E-state index in [9.17, 15) is 27.6 Å². The maximum atomic E-state index is 13.1. The van der Waals surface area contributed by atoms with E-state index in [-0.39, 0.29) is 33.4 Å². The lowest BCUT2D eigenvalue weighted by Crippen LogP contribution is -2.32. The van der Waals surface area contributed by atoms with Crippen molar-refractivity contribution in [3.8, 4) is 0 Å². The Morgan fingerprint density at radius 3 is 2.27 bits per heavy atom. The maximum absolute atomic E-state index is 13.1. The van der Waals surface area contributed by atoms with Crippen molar-refractivity contribution in [2.75, 3.05) is 15.5 Å². The van der Waals surface area contributed by atoms with E-state index in [1.165, 1.54) is 30.3 Å². The second-order valence-electron chi connectivity index (χ2n) is 7.87. The molecule has 3 aromatic rings. The largest absolute Gasteiger partial charge is 0.417 e. The molecular formula is C25H15Cl3F3N3O3. The lowest BCUT2D eigenvalue weighted by atomic mass is 10.1. The second kappa shape index (κ2) is 10.1. The number of hydrogen-bond donors (Lipinski definition) is 2. The predicted molar refractivity (Wildman–Crippen MR) is 136 cm³/mol. The Bertz CT molecular complexity index is 1490. The van der Waals surface area contributed by atoms with Gasteiger partial charge in [-0.2, -0.15) is 13.2 Å². The van der Waals surface area contributed by atoms with Gasteiger partial charge in [0.25, 0.3) is 17.7 Å². The number of nitrogens with zero attached hydrogens (tertiary/aromatic N) is 1. The minimum Gasteiger partial charge on any atom is -0.350 e. The molecule has 1 heterocycles. The van der Waals surface area contributed by atoms with E-state index >= 15 is 0 Å². The molecule has 6 nitrogen and oxygen atoms in total. The highest BCUT2D eigenvalue weighted by molar-refractivity contribution is 6.53. The van der Waals surface area contributed by atoms with Crippen LogP contribution in [0.15, 0.2) is 71.4 Å². The number of hydrogen-bond acceptors (Lipinski definition) is 4. The number of carbonyl (C=O) groups excluding carboxylic acids is 3. The molecule has 0 fully saturated rings. The van der Waals surface area contributed by atoms with Crippen LogP contribution in [0.5, 0.6) is 0 Å².